The number of carbonyl (C=O) groups excluding carboxylic acids is 1. The predicted molar refractivity (Wildman–Crippen MR) is 117 cm³/mol. The second kappa shape index (κ2) is 9.60. The van der Waals surface area contributed by atoms with Crippen LogP contribution >= 0.6 is 11.8 Å². The molecule has 7 heteroatoms. The molecule has 6 nitrogen and oxygen atoms in total. The molecule has 152 valence electrons. The SMILES string of the molecule is CCN(CC)C(=O)CSc1nc2ccccc2c(=O)n1Cc1ccc(OC)cc1. The van der Waals surface area contributed by atoms with Crippen molar-refractivity contribution < 1.29 is 9.53 Å². The first-order valence-electron chi connectivity index (χ1n) is 9.60. The number of nitrogens with zero attached hydrogens (tertiary/aromatic N) is 3. The van der Waals surface area contributed by atoms with Gasteiger partial charge in [-0.25, -0.2) is 4.98 Å². The van der Waals surface area contributed by atoms with Gasteiger partial charge in [0.25, 0.3) is 5.56 Å². The first kappa shape index (κ1) is 20.9. The van der Waals surface area contributed by atoms with Gasteiger partial charge in [0.1, 0.15) is 5.75 Å². The molecule has 0 aliphatic heterocycles. The molecule has 0 bridgehead atoms. The van der Waals surface area contributed by atoms with Gasteiger partial charge in [0.2, 0.25) is 5.91 Å². The van der Waals surface area contributed by atoms with Gasteiger partial charge in [-0.1, -0.05) is 36.0 Å². The Morgan fingerprint density at radius 3 is 2.45 bits per heavy atom. The first-order valence-corrected chi connectivity index (χ1v) is 10.6. The third-order valence-electron chi connectivity index (χ3n) is 4.77. The van der Waals surface area contributed by atoms with E-state index in [4.69, 9.17) is 4.74 Å². The van der Waals surface area contributed by atoms with Crippen LogP contribution in [0.3, 0.4) is 0 Å². The van der Waals surface area contributed by atoms with Gasteiger partial charge in [0.05, 0.1) is 30.3 Å². The average molecular weight is 412 g/mol. The topological polar surface area (TPSA) is 64.4 Å². The number of benzene rings is 2. The van der Waals surface area contributed by atoms with E-state index in [9.17, 15) is 9.59 Å². The number of methoxy groups -OCH3 is 1. The summed E-state index contributed by atoms with van der Waals surface area (Å²) in [7, 11) is 1.62. The van der Waals surface area contributed by atoms with Crippen molar-refractivity contribution in [3.63, 3.8) is 0 Å². The number of rotatable bonds is 8. The number of ether oxygens (including phenoxy) is 1. The summed E-state index contributed by atoms with van der Waals surface area (Å²) in [6.07, 6.45) is 0. The molecule has 0 aliphatic rings. The molecular formula is C22H25N3O3S. The van der Waals surface area contributed by atoms with E-state index in [2.05, 4.69) is 4.98 Å². The van der Waals surface area contributed by atoms with Gasteiger partial charge in [0.15, 0.2) is 5.16 Å². The van der Waals surface area contributed by atoms with E-state index in [1.54, 1.807) is 22.6 Å². The van der Waals surface area contributed by atoms with Gasteiger partial charge in [-0.15, -0.1) is 0 Å². The number of aromatic nitrogens is 2. The van der Waals surface area contributed by atoms with Gasteiger partial charge >= 0.3 is 0 Å². The normalized spacial score (nSPS) is 10.9. The lowest BCUT2D eigenvalue weighted by molar-refractivity contribution is -0.127. The Hall–Kier alpha value is -2.80. The molecule has 1 aromatic heterocycles. The first-order chi connectivity index (χ1) is 14.1. The van der Waals surface area contributed by atoms with Crippen molar-refractivity contribution in [2.75, 3.05) is 26.0 Å². The molecule has 0 saturated carbocycles. The van der Waals surface area contributed by atoms with E-state index in [0.29, 0.717) is 35.7 Å². The molecule has 0 atom stereocenters. The standard InChI is InChI=1S/C22H25N3O3S/c1-4-24(5-2)20(26)15-29-22-23-19-9-7-6-8-18(19)21(27)25(22)14-16-10-12-17(28-3)13-11-16/h6-13H,4-5,14-15H2,1-3H3. The minimum Gasteiger partial charge on any atom is -0.497 e. The van der Waals surface area contributed by atoms with Crippen molar-refractivity contribution in [2.24, 2.45) is 0 Å². The van der Waals surface area contributed by atoms with Crippen LogP contribution in [0.2, 0.25) is 0 Å². The van der Waals surface area contributed by atoms with Crippen LogP contribution in [0.5, 0.6) is 5.75 Å². The number of fused-ring (bicyclic) bond motifs is 1. The lowest BCUT2D eigenvalue weighted by Crippen LogP contribution is -2.32. The van der Waals surface area contributed by atoms with Crippen molar-refractivity contribution in [3.05, 3.63) is 64.4 Å². The smallest absolute Gasteiger partial charge is 0.262 e. The number of amides is 1. The Morgan fingerprint density at radius 1 is 1.10 bits per heavy atom. The van der Waals surface area contributed by atoms with Crippen LogP contribution in [-0.4, -0.2) is 46.3 Å². The molecule has 0 fully saturated rings. The fraction of sp³-hybridized carbons (Fsp3) is 0.318. The van der Waals surface area contributed by atoms with Crippen molar-refractivity contribution in [1.29, 1.82) is 0 Å². The highest BCUT2D eigenvalue weighted by Crippen LogP contribution is 2.20. The molecule has 0 unspecified atom stereocenters. The van der Waals surface area contributed by atoms with Crippen LogP contribution in [0.15, 0.2) is 58.5 Å². The Morgan fingerprint density at radius 2 is 1.79 bits per heavy atom. The van der Waals surface area contributed by atoms with Crippen molar-refractivity contribution in [2.45, 2.75) is 25.5 Å². The molecule has 2 aromatic carbocycles. The molecule has 0 spiro atoms. The quantitative estimate of drug-likeness (QED) is 0.420. The molecule has 0 N–H and O–H groups in total. The summed E-state index contributed by atoms with van der Waals surface area (Å²) < 4.78 is 6.85. The van der Waals surface area contributed by atoms with Crippen LogP contribution in [0.4, 0.5) is 0 Å². The third-order valence-corrected chi connectivity index (χ3v) is 5.73. The van der Waals surface area contributed by atoms with Crippen molar-refractivity contribution >= 4 is 28.6 Å². The summed E-state index contributed by atoms with van der Waals surface area (Å²) in [5, 5.41) is 1.12. The second-order valence-electron chi connectivity index (χ2n) is 6.51. The zero-order valence-corrected chi connectivity index (χ0v) is 17.7. The summed E-state index contributed by atoms with van der Waals surface area (Å²) in [4.78, 5) is 32.1. The van der Waals surface area contributed by atoms with Crippen molar-refractivity contribution in [1.82, 2.24) is 14.5 Å². The largest absolute Gasteiger partial charge is 0.497 e. The highest BCUT2D eigenvalue weighted by molar-refractivity contribution is 7.99. The molecule has 1 amide bonds. The number of hydrogen-bond donors (Lipinski definition) is 0. The average Bonchev–Trinajstić information content (AvgIpc) is 2.76. The Kier molecular flexibility index (Phi) is 6.93. The zero-order chi connectivity index (χ0) is 20.8. The zero-order valence-electron chi connectivity index (χ0n) is 16.9. The van der Waals surface area contributed by atoms with Gasteiger partial charge in [-0.05, 0) is 43.7 Å². The summed E-state index contributed by atoms with van der Waals surface area (Å²) >= 11 is 1.31. The number of carbonyl (C=O) groups is 1. The minimum atomic E-state index is -0.107. The van der Waals surface area contributed by atoms with E-state index in [1.165, 1.54) is 11.8 Å². The van der Waals surface area contributed by atoms with Crippen LogP contribution in [0.1, 0.15) is 19.4 Å². The van der Waals surface area contributed by atoms with Gasteiger partial charge in [-0.3, -0.25) is 14.2 Å². The maximum atomic E-state index is 13.2. The molecule has 0 radical (unpaired) electrons. The van der Waals surface area contributed by atoms with Gasteiger partial charge in [0, 0.05) is 13.1 Å². The summed E-state index contributed by atoms with van der Waals surface area (Å²) in [6, 6.07) is 14.9. The lowest BCUT2D eigenvalue weighted by Gasteiger charge is -2.19. The maximum Gasteiger partial charge on any atom is 0.262 e. The fourth-order valence-corrected chi connectivity index (χ4v) is 4.01. The molecule has 0 saturated heterocycles. The second-order valence-corrected chi connectivity index (χ2v) is 7.45. The molecule has 3 aromatic rings. The van der Waals surface area contributed by atoms with Crippen LogP contribution in [0, 0.1) is 0 Å². The predicted octanol–water partition coefficient (Wildman–Crippen LogP) is 3.41. The Labute approximate surface area is 174 Å². The number of thioether (sulfide) groups is 1. The lowest BCUT2D eigenvalue weighted by atomic mass is 10.2. The van der Waals surface area contributed by atoms with E-state index in [1.807, 2.05) is 56.3 Å². The summed E-state index contributed by atoms with van der Waals surface area (Å²) in [5.74, 6) is 1.05. The third kappa shape index (κ3) is 4.79. The molecule has 1 heterocycles. The van der Waals surface area contributed by atoms with E-state index >= 15 is 0 Å². The van der Waals surface area contributed by atoms with Gasteiger partial charge in [-0.2, -0.15) is 0 Å². The molecular weight excluding hydrogens is 386 g/mol. The summed E-state index contributed by atoms with van der Waals surface area (Å²) in [6.45, 7) is 5.63. The highest BCUT2D eigenvalue weighted by Gasteiger charge is 2.16. The van der Waals surface area contributed by atoms with Crippen LogP contribution < -0.4 is 10.3 Å². The van der Waals surface area contributed by atoms with Crippen LogP contribution in [0.25, 0.3) is 10.9 Å². The van der Waals surface area contributed by atoms with E-state index in [-0.39, 0.29) is 17.2 Å². The maximum absolute atomic E-state index is 13.2. The van der Waals surface area contributed by atoms with E-state index < -0.39 is 0 Å². The number of para-hydroxylation sites is 1. The molecule has 0 aliphatic carbocycles. The van der Waals surface area contributed by atoms with Gasteiger partial charge < -0.3 is 9.64 Å². The molecule has 3 rings (SSSR count). The highest BCUT2D eigenvalue weighted by atomic mass is 32.2. The Balaban J connectivity index is 1.96. The van der Waals surface area contributed by atoms with Crippen LogP contribution in [-0.2, 0) is 11.3 Å². The Bertz CT molecular complexity index is 1040. The fourth-order valence-electron chi connectivity index (χ4n) is 3.10. The minimum absolute atomic E-state index is 0.0402. The monoisotopic (exact) mass is 411 g/mol. The number of hydrogen-bond acceptors (Lipinski definition) is 5. The summed E-state index contributed by atoms with van der Waals surface area (Å²) in [5.41, 5.74) is 1.49. The van der Waals surface area contributed by atoms with E-state index in [0.717, 1.165) is 11.3 Å². The van der Waals surface area contributed by atoms with Crippen molar-refractivity contribution in [3.8, 4) is 5.75 Å². The molecule has 29 heavy (non-hydrogen) atoms.